The van der Waals surface area contributed by atoms with Gasteiger partial charge in [-0.25, -0.2) is 13.1 Å². The molecule has 1 aliphatic heterocycles. The molecule has 1 aliphatic rings. The molecule has 0 amide bonds. The predicted molar refractivity (Wildman–Crippen MR) is 61.5 cm³/mol. The van der Waals surface area contributed by atoms with Crippen molar-refractivity contribution in [1.29, 1.82) is 0 Å². The Kier molecular flexibility index (Phi) is 3.28. The van der Waals surface area contributed by atoms with E-state index in [0.717, 1.165) is 5.56 Å². The lowest BCUT2D eigenvalue weighted by atomic mass is 10.1. The van der Waals surface area contributed by atoms with E-state index in [1.807, 2.05) is 30.3 Å². The molecular weight excluding hydrogens is 226 g/mol. The molecule has 1 saturated heterocycles. The molecule has 88 valence electrons. The van der Waals surface area contributed by atoms with E-state index in [4.69, 9.17) is 4.74 Å². The molecule has 1 fully saturated rings. The molecule has 1 aromatic carbocycles. The second-order valence-corrected chi connectivity index (χ2v) is 5.73. The first kappa shape index (κ1) is 11.6. The van der Waals surface area contributed by atoms with Crippen molar-refractivity contribution in [3.8, 4) is 0 Å². The highest BCUT2D eigenvalue weighted by atomic mass is 32.2. The van der Waals surface area contributed by atoms with Gasteiger partial charge in [-0.05, 0) is 12.5 Å². The number of nitrogens with one attached hydrogen (secondary N) is 1. The van der Waals surface area contributed by atoms with Crippen molar-refractivity contribution >= 4 is 10.0 Å². The highest BCUT2D eigenvalue weighted by molar-refractivity contribution is 7.89. The molecule has 0 bridgehead atoms. The Morgan fingerprint density at radius 2 is 2.00 bits per heavy atom. The summed E-state index contributed by atoms with van der Waals surface area (Å²) in [7, 11) is -3.34. The molecule has 1 N–H and O–H groups in total. The first-order chi connectivity index (χ1) is 7.61. The topological polar surface area (TPSA) is 55.4 Å². The van der Waals surface area contributed by atoms with Crippen LogP contribution >= 0.6 is 0 Å². The molecule has 4 nitrogen and oxygen atoms in total. The summed E-state index contributed by atoms with van der Waals surface area (Å²) in [5.74, 6) is 0. The van der Waals surface area contributed by atoms with Crippen molar-refractivity contribution < 1.29 is 13.2 Å². The number of hydrogen-bond acceptors (Lipinski definition) is 3. The lowest BCUT2D eigenvalue weighted by Gasteiger charge is -2.20. The van der Waals surface area contributed by atoms with Crippen LogP contribution in [0.1, 0.15) is 17.7 Å². The minimum atomic E-state index is -3.34. The van der Waals surface area contributed by atoms with Gasteiger partial charge in [-0.3, -0.25) is 0 Å². The van der Waals surface area contributed by atoms with E-state index in [9.17, 15) is 8.42 Å². The zero-order valence-corrected chi connectivity index (χ0v) is 9.91. The minimum absolute atomic E-state index is 0.331. The van der Waals surface area contributed by atoms with Crippen LogP contribution in [0.3, 0.4) is 0 Å². The van der Waals surface area contributed by atoms with E-state index in [1.165, 1.54) is 0 Å². The number of rotatable bonds is 1. The van der Waals surface area contributed by atoms with Gasteiger partial charge < -0.3 is 4.74 Å². The minimum Gasteiger partial charge on any atom is -0.375 e. The Morgan fingerprint density at radius 3 is 2.69 bits per heavy atom. The van der Waals surface area contributed by atoms with Gasteiger partial charge in [0.05, 0.1) is 12.7 Å². The van der Waals surface area contributed by atoms with Gasteiger partial charge in [0, 0.05) is 6.54 Å². The van der Waals surface area contributed by atoms with Crippen LogP contribution in [0.5, 0.6) is 0 Å². The van der Waals surface area contributed by atoms with Gasteiger partial charge in [-0.15, -0.1) is 0 Å². The van der Waals surface area contributed by atoms with Crippen LogP contribution in [0.2, 0.25) is 0 Å². The van der Waals surface area contributed by atoms with E-state index in [1.54, 1.807) is 6.92 Å². The van der Waals surface area contributed by atoms with Crippen LogP contribution in [0.25, 0.3) is 0 Å². The second kappa shape index (κ2) is 4.53. The zero-order chi connectivity index (χ0) is 11.6. The summed E-state index contributed by atoms with van der Waals surface area (Å²) in [5, 5.41) is -0.629. The maximum atomic E-state index is 12.0. The van der Waals surface area contributed by atoms with Crippen molar-refractivity contribution in [2.24, 2.45) is 0 Å². The largest absolute Gasteiger partial charge is 0.375 e. The van der Waals surface area contributed by atoms with Crippen LogP contribution in [0.15, 0.2) is 30.3 Å². The van der Waals surface area contributed by atoms with Crippen molar-refractivity contribution in [2.45, 2.75) is 18.3 Å². The molecule has 2 unspecified atom stereocenters. The fourth-order valence-electron chi connectivity index (χ4n) is 1.95. The monoisotopic (exact) mass is 241 g/mol. The molecule has 1 aromatic rings. The maximum absolute atomic E-state index is 12.0. The number of sulfonamides is 1. The first-order valence-corrected chi connectivity index (χ1v) is 6.81. The Balaban J connectivity index is 2.42. The molecular formula is C11H15NO3S. The summed E-state index contributed by atoms with van der Waals surface area (Å²) >= 11 is 0. The lowest BCUT2D eigenvalue weighted by Crippen LogP contribution is -2.31. The molecule has 1 heterocycles. The molecule has 2 atom stereocenters. The number of ether oxygens (including phenoxy) is 1. The van der Waals surface area contributed by atoms with Gasteiger partial charge in [0.25, 0.3) is 0 Å². The third-order valence-electron chi connectivity index (χ3n) is 2.67. The zero-order valence-electron chi connectivity index (χ0n) is 9.09. The Morgan fingerprint density at radius 1 is 1.31 bits per heavy atom. The van der Waals surface area contributed by atoms with Crippen molar-refractivity contribution in [1.82, 2.24) is 4.72 Å². The molecule has 0 saturated carbocycles. The standard InChI is InChI=1S/C11H15NO3S/c1-9-11(10-5-3-2-4-6-10)16(13,14)12-7-8-15-9/h2-6,9,11-12H,7-8H2,1H3. The molecule has 0 spiro atoms. The fourth-order valence-corrected chi connectivity index (χ4v) is 3.60. The van der Waals surface area contributed by atoms with E-state index in [2.05, 4.69) is 4.72 Å². The molecule has 0 aromatic heterocycles. The molecule has 2 rings (SSSR count). The van der Waals surface area contributed by atoms with Gasteiger partial charge in [-0.1, -0.05) is 30.3 Å². The van der Waals surface area contributed by atoms with Crippen LogP contribution in [0, 0.1) is 0 Å². The van der Waals surface area contributed by atoms with Crippen molar-refractivity contribution in [3.05, 3.63) is 35.9 Å². The van der Waals surface area contributed by atoms with Gasteiger partial charge in [0.1, 0.15) is 5.25 Å². The average molecular weight is 241 g/mol. The average Bonchev–Trinajstić information content (AvgIpc) is 2.38. The van der Waals surface area contributed by atoms with Gasteiger partial charge >= 0.3 is 0 Å². The van der Waals surface area contributed by atoms with Crippen LogP contribution in [-0.4, -0.2) is 27.7 Å². The number of hydrogen-bond donors (Lipinski definition) is 1. The normalized spacial score (nSPS) is 29.6. The van der Waals surface area contributed by atoms with Crippen molar-refractivity contribution in [2.75, 3.05) is 13.2 Å². The quantitative estimate of drug-likeness (QED) is 0.800. The summed E-state index contributed by atoms with van der Waals surface area (Å²) in [5.41, 5.74) is 0.768. The second-order valence-electron chi connectivity index (χ2n) is 3.85. The molecule has 16 heavy (non-hydrogen) atoms. The van der Waals surface area contributed by atoms with Crippen LogP contribution < -0.4 is 4.72 Å². The smallest absolute Gasteiger partial charge is 0.221 e. The third-order valence-corrected chi connectivity index (χ3v) is 4.61. The number of benzene rings is 1. The van der Waals surface area contributed by atoms with E-state index >= 15 is 0 Å². The Bertz CT molecular complexity index is 444. The van der Waals surface area contributed by atoms with E-state index in [0.29, 0.717) is 13.2 Å². The Hall–Kier alpha value is -0.910. The van der Waals surface area contributed by atoms with Crippen LogP contribution in [-0.2, 0) is 14.8 Å². The van der Waals surface area contributed by atoms with E-state index in [-0.39, 0.29) is 6.10 Å². The lowest BCUT2D eigenvalue weighted by molar-refractivity contribution is 0.0725. The molecule has 5 heteroatoms. The van der Waals surface area contributed by atoms with Gasteiger partial charge in [0.2, 0.25) is 10.0 Å². The predicted octanol–water partition coefficient (Wildman–Crippen LogP) is 1.07. The maximum Gasteiger partial charge on any atom is 0.221 e. The summed E-state index contributed by atoms with van der Waals surface area (Å²) in [6.07, 6.45) is -0.331. The summed E-state index contributed by atoms with van der Waals surface area (Å²) in [4.78, 5) is 0. The van der Waals surface area contributed by atoms with E-state index < -0.39 is 15.3 Å². The van der Waals surface area contributed by atoms with Gasteiger partial charge in [-0.2, -0.15) is 0 Å². The Labute approximate surface area is 95.7 Å². The van der Waals surface area contributed by atoms with Gasteiger partial charge in [0.15, 0.2) is 0 Å². The SMILES string of the molecule is CC1OCCNS(=O)(=O)C1c1ccccc1. The summed E-state index contributed by atoms with van der Waals surface area (Å²) in [6, 6.07) is 9.17. The summed E-state index contributed by atoms with van der Waals surface area (Å²) < 4.78 is 32.1. The summed E-state index contributed by atoms with van der Waals surface area (Å²) in [6.45, 7) is 2.56. The highest BCUT2D eigenvalue weighted by Gasteiger charge is 2.34. The molecule has 0 aliphatic carbocycles. The first-order valence-electron chi connectivity index (χ1n) is 5.26. The van der Waals surface area contributed by atoms with Crippen molar-refractivity contribution in [3.63, 3.8) is 0 Å². The van der Waals surface area contributed by atoms with Crippen LogP contribution in [0.4, 0.5) is 0 Å². The fraction of sp³-hybridized carbons (Fsp3) is 0.455. The highest BCUT2D eigenvalue weighted by Crippen LogP contribution is 2.28. The molecule has 0 radical (unpaired) electrons. The third kappa shape index (κ3) is 2.26.